The van der Waals surface area contributed by atoms with Crippen molar-refractivity contribution in [2.24, 2.45) is 0 Å². The van der Waals surface area contributed by atoms with Crippen molar-refractivity contribution in [3.8, 4) is 0 Å². The molecule has 1 rings (SSSR count). The fraction of sp³-hybridized carbons (Fsp3) is 0.182. The molecule has 0 aliphatic rings. The zero-order valence-corrected chi connectivity index (χ0v) is 9.81. The van der Waals surface area contributed by atoms with Gasteiger partial charge in [0, 0.05) is 0 Å². The van der Waals surface area contributed by atoms with Crippen LogP contribution in [0.2, 0.25) is 0 Å². The van der Waals surface area contributed by atoms with Gasteiger partial charge in [0.15, 0.2) is 6.61 Å². The molecular weight excluding hydrogens is 276 g/mol. The maximum Gasteiger partial charge on any atom is 0.339 e. The number of benzene rings is 1. The number of carbonyl (C=O) groups is 3. The molecule has 1 aromatic rings. The fourth-order valence-corrected chi connectivity index (χ4v) is 1.27. The predicted octanol–water partition coefficient (Wildman–Crippen LogP) is -1.13. The third-order valence-electron chi connectivity index (χ3n) is 2.11. The number of hydrogen-bond acceptors (Lipinski definition) is 7. The van der Waals surface area contributed by atoms with Crippen LogP contribution in [0.15, 0.2) is 18.2 Å². The van der Waals surface area contributed by atoms with Gasteiger partial charge in [-0.2, -0.15) is 0 Å². The first kappa shape index (κ1) is 15.6. The van der Waals surface area contributed by atoms with Crippen LogP contribution < -0.4 is 0 Å². The number of carbonyl (C=O) groups excluding carboxylic acids is 1. The summed E-state index contributed by atoms with van der Waals surface area (Å²) in [7, 11) is 0. The number of aliphatic hydroxyl groups is 3. The van der Waals surface area contributed by atoms with Crippen molar-refractivity contribution in [1.82, 2.24) is 0 Å². The Balaban J connectivity index is 3.12. The quantitative estimate of drug-likeness (QED) is 0.333. The molecule has 0 bridgehead atoms. The molecular formula is C11H10O9. The zero-order chi connectivity index (χ0) is 15.5. The molecule has 1 aromatic carbocycles. The maximum absolute atomic E-state index is 11.6. The standard InChI is InChI=1S/C11H10O9/c12-8(13)5-1-2-6(9(14)15)7(3-5)10(16)20-4-11(17,18)19/h1-3,17-19H,4H2,(H,12,13)(H,14,15). The smallest absolute Gasteiger partial charge is 0.339 e. The van der Waals surface area contributed by atoms with Gasteiger partial charge < -0.3 is 30.3 Å². The Kier molecular flexibility index (Phi) is 4.40. The van der Waals surface area contributed by atoms with Crippen molar-refractivity contribution in [3.05, 3.63) is 34.9 Å². The van der Waals surface area contributed by atoms with Crippen LogP contribution in [0.5, 0.6) is 0 Å². The molecule has 0 aliphatic heterocycles. The fourth-order valence-electron chi connectivity index (χ4n) is 1.27. The number of rotatable bonds is 5. The molecule has 5 N–H and O–H groups in total. The Bertz CT molecular complexity index is 556. The number of carboxylic acid groups (broad SMARTS) is 2. The summed E-state index contributed by atoms with van der Waals surface area (Å²) in [5.74, 6) is -7.50. The summed E-state index contributed by atoms with van der Waals surface area (Å²) in [4.78, 5) is 33.2. The van der Waals surface area contributed by atoms with E-state index in [2.05, 4.69) is 4.74 Å². The van der Waals surface area contributed by atoms with E-state index in [1.807, 2.05) is 0 Å². The first-order valence-electron chi connectivity index (χ1n) is 5.06. The summed E-state index contributed by atoms with van der Waals surface area (Å²) >= 11 is 0. The van der Waals surface area contributed by atoms with Gasteiger partial charge in [-0.1, -0.05) is 0 Å². The monoisotopic (exact) mass is 286 g/mol. The molecule has 0 atom stereocenters. The van der Waals surface area contributed by atoms with Gasteiger partial charge in [0.05, 0.1) is 16.7 Å². The topological polar surface area (TPSA) is 162 Å². The SMILES string of the molecule is O=C(O)c1ccc(C(=O)O)c(C(=O)OCC(O)(O)O)c1. The largest absolute Gasteiger partial charge is 0.478 e. The molecule has 0 saturated carbocycles. The van der Waals surface area contributed by atoms with E-state index in [9.17, 15) is 14.4 Å². The van der Waals surface area contributed by atoms with Crippen LogP contribution in [0.3, 0.4) is 0 Å². The van der Waals surface area contributed by atoms with Gasteiger partial charge in [-0.05, 0) is 18.2 Å². The third kappa shape index (κ3) is 4.02. The van der Waals surface area contributed by atoms with E-state index in [4.69, 9.17) is 25.5 Å². The highest BCUT2D eigenvalue weighted by Gasteiger charge is 2.25. The van der Waals surface area contributed by atoms with Crippen molar-refractivity contribution >= 4 is 17.9 Å². The highest BCUT2D eigenvalue weighted by molar-refractivity contribution is 6.04. The van der Waals surface area contributed by atoms with Gasteiger partial charge in [0.25, 0.3) is 0 Å². The minimum absolute atomic E-state index is 0.356. The van der Waals surface area contributed by atoms with Crippen LogP contribution in [0, 0.1) is 0 Å². The highest BCUT2D eigenvalue weighted by atomic mass is 16.7. The minimum atomic E-state index is -3.27. The Morgan fingerprint density at radius 2 is 1.60 bits per heavy atom. The van der Waals surface area contributed by atoms with Gasteiger partial charge in [-0.3, -0.25) is 0 Å². The van der Waals surface area contributed by atoms with Gasteiger partial charge in [-0.25, -0.2) is 14.4 Å². The molecule has 9 nitrogen and oxygen atoms in total. The number of carboxylic acids is 2. The molecule has 0 amide bonds. The maximum atomic E-state index is 11.6. The summed E-state index contributed by atoms with van der Waals surface area (Å²) in [5.41, 5.74) is -1.48. The lowest BCUT2D eigenvalue weighted by molar-refractivity contribution is -0.325. The van der Waals surface area contributed by atoms with Crippen LogP contribution in [-0.4, -0.2) is 56.0 Å². The van der Waals surface area contributed by atoms with Gasteiger partial charge >= 0.3 is 23.9 Å². The average Bonchev–Trinajstić information content (AvgIpc) is 2.34. The molecule has 0 unspecified atom stereocenters. The lowest BCUT2D eigenvalue weighted by atomic mass is 10.0. The van der Waals surface area contributed by atoms with Crippen LogP contribution in [0.4, 0.5) is 0 Å². The molecule has 0 heterocycles. The molecule has 0 aliphatic carbocycles. The van der Waals surface area contributed by atoms with Gasteiger partial charge in [0.1, 0.15) is 0 Å². The average molecular weight is 286 g/mol. The lowest BCUT2D eigenvalue weighted by Gasteiger charge is -2.14. The van der Waals surface area contributed by atoms with E-state index in [0.29, 0.717) is 0 Å². The summed E-state index contributed by atoms with van der Waals surface area (Å²) < 4.78 is 4.27. The second-order valence-electron chi connectivity index (χ2n) is 3.72. The highest BCUT2D eigenvalue weighted by Crippen LogP contribution is 2.14. The summed E-state index contributed by atoms with van der Waals surface area (Å²) in [6, 6.07) is 2.64. The molecule has 9 heteroatoms. The molecule has 108 valence electrons. The van der Waals surface area contributed by atoms with E-state index in [1.54, 1.807) is 0 Å². The summed E-state index contributed by atoms with van der Waals surface area (Å²) in [6.45, 7) is -1.23. The van der Waals surface area contributed by atoms with Crippen LogP contribution in [0.1, 0.15) is 31.1 Å². The lowest BCUT2D eigenvalue weighted by Crippen LogP contribution is -2.34. The van der Waals surface area contributed by atoms with E-state index < -0.39 is 41.6 Å². The Morgan fingerprint density at radius 1 is 1.00 bits per heavy atom. The van der Waals surface area contributed by atoms with Crippen LogP contribution in [0.25, 0.3) is 0 Å². The Hall–Kier alpha value is -2.49. The van der Waals surface area contributed by atoms with Crippen molar-refractivity contribution in [2.75, 3.05) is 6.61 Å². The van der Waals surface area contributed by atoms with E-state index in [-0.39, 0.29) is 5.56 Å². The van der Waals surface area contributed by atoms with E-state index >= 15 is 0 Å². The van der Waals surface area contributed by atoms with Crippen LogP contribution in [-0.2, 0) is 4.74 Å². The summed E-state index contributed by atoms with van der Waals surface area (Å²) in [6.07, 6.45) is 0. The normalized spacial score (nSPS) is 10.9. The molecule has 0 fully saturated rings. The van der Waals surface area contributed by atoms with E-state index in [0.717, 1.165) is 18.2 Å². The first-order valence-corrected chi connectivity index (χ1v) is 5.06. The number of hydrogen-bond donors (Lipinski definition) is 5. The second kappa shape index (κ2) is 5.65. The Labute approximate surface area is 111 Å². The molecule has 0 saturated heterocycles. The summed E-state index contributed by atoms with van der Waals surface area (Å²) in [5, 5.41) is 43.3. The van der Waals surface area contributed by atoms with Crippen molar-refractivity contribution in [2.45, 2.75) is 5.97 Å². The van der Waals surface area contributed by atoms with Gasteiger partial charge in [-0.15, -0.1) is 0 Å². The number of esters is 1. The van der Waals surface area contributed by atoms with Gasteiger partial charge in [0.2, 0.25) is 0 Å². The minimum Gasteiger partial charge on any atom is -0.478 e. The molecule has 0 spiro atoms. The van der Waals surface area contributed by atoms with Crippen molar-refractivity contribution in [3.63, 3.8) is 0 Å². The van der Waals surface area contributed by atoms with Crippen LogP contribution >= 0.6 is 0 Å². The van der Waals surface area contributed by atoms with Crippen molar-refractivity contribution in [1.29, 1.82) is 0 Å². The van der Waals surface area contributed by atoms with E-state index in [1.165, 1.54) is 0 Å². The first-order chi connectivity index (χ1) is 9.11. The van der Waals surface area contributed by atoms with Crippen molar-refractivity contribution < 1.29 is 44.7 Å². The second-order valence-corrected chi connectivity index (χ2v) is 3.72. The molecule has 20 heavy (non-hydrogen) atoms. The predicted molar refractivity (Wildman–Crippen MR) is 60.0 cm³/mol. The number of ether oxygens (including phenoxy) is 1. The molecule has 0 aromatic heterocycles. The zero-order valence-electron chi connectivity index (χ0n) is 9.81. The Morgan fingerprint density at radius 3 is 2.05 bits per heavy atom. The molecule has 0 radical (unpaired) electrons. The number of aromatic carboxylic acids is 2. The third-order valence-corrected chi connectivity index (χ3v) is 2.11.